The van der Waals surface area contributed by atoms with Crippen molar-refractivity contribution in [2.24, 2.45) is 11.8 Å². The highest BCUT2D eigenvalue weighted by Crippen LogP contribution is 2.27. The van der Waals surface area contributed by atoms with Crippen molar-refractivity contribution in [1.29, 1.82) is 0 Å². The predicted octanol–water partition coefficient (Wildman–Crippen LogP) is -0.984. The van der Waals surface area contributed by atoms with Crippen LogP contribution in [0.1, 0.15) is 13.3 Å². The predicted molar refractivity (Wildman–Crippen MR) is 59.5 cm³/mol. The summed E-state index contributed by atoms with van der Waals surface area (Å²) in [5.41, 5.74) is 0. The second-order valence-corrected chi connectivity index (χ2v) is 4.64. The normalized spacial score (nSPS) is 38.3. The van der Waals surface area contributed by atoms with Crippen molar-refractivity contribution in [3.05, 3.63) is 0 Å². The molecule has 0 spiro atoms. The van der Waals surface area contributed by atoms with Crippen LogP contribution in [0.2, 0.25) is 0 Å². The molecule has 2 heterocycles. The van der Waals surface area contributed by atoms with Gasteiger partial charge in [0, 0.05) is 0 Å². The molecule has 0 saturated carbocycles. The summed E-state index contributed by atoms with van der Waals surface area (Å²) in [5.74, 6) is -1.31. The molecule has 2 saturated heterocycles. The first-order valence-electron chi connectivity index (χ1n) is 5.09. The molecule has 88 valence electrons. The highest BCUT2D eigenvalue weighted by molar-refractivity contribution is 7.80. The zero-order chi connectivity index (χ0) is 11.9. The number of carbonyl (C=O) groups excluding carboxylic acids is 1. The third kappa shape index (κ3) is 1.88. The van der Waals surface area contributed by atoms with Crippen LogP contribution in [-0.2, 0) is 9.59 Å². The first kappa shape index (κ1) is 11.3. The summed E-state index contributed by atoms with van der Waals surface area (Å²) in [6.07, 6.45) is 0.0596. The van der Waals surface area contributed by atoms with Gasteiger partial charge in [-0.25, -0.2) is 0 Å². The fraction of sp³-hybridized carbons (Fsp3) is 0.667. The highest BCUT2D eigenvalue weighted by atomic mass is 32.1. The van der Waals surface area contributed by atoms with Gasteiger partial charge in [0.2, 0.25) is 5.91 Å². The lowest BCUT2D eigenvalue weighted by Crippen LogP contribution is -2.69. The lowest BCUT2D eigenvalue weighted by Gasteiger charge is -2.42. The van der Waals surface area contributed by atoms with E-state index in [1.807, 2.05) is 6.92 Å². The van der Waals surface area contributed by atoms with Crippen LogP contribution in [0.5, 0.6) is 0 Å². The number of rotatable bonds is 1. The molecule has 4 N–H and O–H groups in total. The number of thiocarbonyl (C=S) groups is 1. The Hall–Kier alpha value is -1.21. The van der Waals surface area contributed by atoms with Crippen LogP contribution < -0.4 is 16.0 Å². The van der Waals surface area contributed by atoms with Gasteiger partial charge in [-0.2, -0.15) is 0 Å². The first-order valence-corrected chi connectivity index (χ1v) is 5.50. The Kier molecular flexibility index (Phi) is 2.81. The Labute approximate surface area is 97.8 Å². The van der Waals surface area contributed by atoms with Crippen LogP contribution in [0.3, 0.4) is 0 Å². The highest BCUT2D eigenvalue weighted by Gasteiger charge is 2.44. The van der Waals surface area contributed by atoms with Crippen LogP contribution in [0.25, 0.3) is 0 Å². The van der Waals surface area contributed by atoms with Crippen LogP contribution in [0, 0.1) is 11.8 Å². The van der Waals surface area contributed by atoms with E-state index in [4.69, 9.17) is 17.3 Å². The van der Waals surface area contributed by atoms with Crippen LogP contribution >= 0.6 is 12.2 Å². The smallest absolute Gasteiger partial charge is 0.320 e. The van der Waals surface area contributed by atoms with E-state index in [1.165, 1.54) is 0 Å². The molecule has 4 atom stereocenters. The average Bonchev–Trinajstić information content (AvgIpc) is 2.15. The topological polar surface area (TPSA) is 90.5 Å². The molecule has 6 nitrogen and oxygen atoms in total. The Morgan fingerprint density at radius 2 is 2.25 bits per heavy atom. The second-order valence-electron chi connectivity index (χ2n) is 4.24. The number of hydrogen-bond acceptors (Lipinski definition) is 4. The van der Waals surface area contributed by atoms with Crippen LogP contribution in [0.15, 0.2) is 0 Å². The molecule has 2 aliphatic rings. The van der Waals surface area contributed by atoms with E-state index in [9.17, 15) is 9.59 Å². The Balaban J connectivity index is 2.18. The van der Waals surface area contributed by atoms with Crippen molar-refractivity contribution in [3.63, 3.8) is 0 Å². The van der Waals surface area contributed by atoms with Gasteiger partial charge in [0.05, 0.1) is 12.1 Å². The molecule has 0 aromatic rings. The van der Waals surface area contributed by atoms with Gasteiger partial charge in [0.25, 0.3) is 0 Å². The minimum absolute atomic E-state index is 0.00273. The van der Waals surface area contributed by atoms with Crippen LogP contribution in [0.4, 0.5) is 0 Å². The monoisotopic (exact) mass is 243 g/mol. The van der Waals surface area contributed by atoms with Crippen LogP contribution in [-0.4, -0.2) is 34.3 Å². The number of piperidine rings is 1. The largest absolute Gasteiger partial charge is 0.480 e. The fourth-order valence-electron chi connectivity index (χ4n) is 2.32. The van der Waals surface area contributed by atoms with Crippen molar-refractivity contribution in [2.45, 2.75) is 25.6 Å². The molecule has 0 aliphatic carbocycles. The molecule has 4 unspecified atom stereocenters. The summed E-state index contributed by atoms with van der Waals surface area (Å²) in [7, 11) is 0. The molecule has 2 fully saturated rings. The van der Waals surface area contributed by atoms with Gasteiger partial charge in [0.15, 0.2) is 5.11 Å². The molecule has 2 aliphatic heterocycles. The maximum atomic E-state index is 11.7. The van der Waals surface area contributed by atoms with E-state index in [0.717, 1.165) is 0 Å². The summed E-state index contributed by atoms with van der Waals surface area (Å²) in [6.45, 7) is 1.88. The average molecular weight is 243 g/mol. The van der Waals surface area contributed by atoms with Gasteiger partial charge in [0.1, 0.15) is 6.04 Å². The van der Waals surface area contributed by atoms with Gasteiger partial charge in [-0.1, -0.05) is 6.92 Å². The first-order chi connectivity index (χ1) is 7.49. The maximum absolute atomic E-state index is 11.7. The van der Waals surface area contributed by atoms with Gasteiger partial charge >= 0.3 is 5.97 Å². The molecule has 16 heavy (non-hydrogen) atoms. The summed E-state index contributed by atoms with van der Waals surface area (Å²) >= 11 is 4.86. The summed E-state index contributed by atoms with van der Waals surface area (Å²) < 4.78 is 0. The molecular weight excluding hydrogens is 230 g/mol. The lowest BCUT2D eigenvalue weighted by molar-refractivity contribution is -0.143. The van der Waals surface area contributed by atoms with Gasteiger partial charge in [-0.05, 0) is 24.6 Å². The Morgan fingerprint density at radius 3 is 2.88 bits per heavy atom. The second kappa shape index (κ2) is 3.99. The third-order valence-electron chi connectivity index (χ3n) is 3.08. The summed E-state index contributed by atoms with van der Waals surface area (Å²) in [6, 6.07) is -0.627. The lowest BCUT2D eigenvalue weighted by atomic mass is 9.80. The number of carboxylic acid groups (broad SMARTS) is 1. The zero-order valence-electron chi connectivity index (χ0n) is 8.69. The number of fused-ring (bicyclic) bond motifs is 1. The Morgan fingerprint density at radius 1 is 1.56 bits per heavy atom. The molecule has 1 amide bonds. The maximum Gasteiger partial charge on any atom is 0.320 e. The van der Waals surface area contributed by atoms with Crippen molar-refractivity contribution in [3.8, 4) is 0 Å². The summed E-state index contributed by atoms with van der Waals surface area (Å²) in [5, 5.41) is 17.5. The van der Waals surface area contributed by atoms with E-state index < -0.39 is 12.0 Å². The number of aliphatic carboxylic acids is 1. The molecule has 7 heteroatoms. The molecule has 0 bridgehead atoms. The van der Waals surface area contributed by atoms with Crippen molar-refractivity contribution < 1.29 is 14.7 Å². The number of carboxylic acids is 1. The minimum atomic E-state index is -0.899. The van der Waals surface area contributed by atoms with Gasteiger partial charge < -0.3 is 15.7 Å². The van der Waals surface area contributed by atoms with Crippen molar-refractivity contribution >= 4 is 29.2 Å². The Bertz CT molecular complexity index is 360. The van der Waals surface area contributed by atoms with E-state index >= 15 is 0 Å². The SMILES string of the molecule is CC1CC(C(=O)O)NC2NC(=S)NC(=O)C12. The minimum Gasteiger partial charge on any atom is -0.480 e. The molecule has 2 rings (SSSR count). The standard InChI is InChI=1S/C9H13N3O3S/c1-3-2-4(8(14)15)10-6-5(3)7(13)12-9(16)11-6/h3-6,10H,2H2,1H3,(H,14,15)(H2,11,12,13,16). The molecule has 0 aromatic heterocycles. The van der Waals surface area contributed by atoms with E-state index in [1.54, 1.807) is 0 Å². The fourth-order valence-corrected chi connectivity index (χ4v) is 2.55. The molecular formula is C9H13N3O3S. The van der Waals surface area contributed by atoms with Crippen molar-refractivity contribution in [2.75, 3.05) is 0 Å². The quantitative estimate of drug-likeness (QED) is 0.442. The number of amides is 1. The molecule has 0 radical (unpaired) electrons. The zero-order valence-corrected chi connectivity index (χ0v) is 9.50. The number of hydrogen-bond donors (Lipinski definition) is 4. The third-order valence-corrected chi connectivity index (χ3v) is 3.30. The van der Waals surface area contributed by atoms with E-state index in [2.05, 4.69) is 16.0 Å². The summed E-state index contributed by atoms with van der Waals surface area (Å²) in [4.78, 5) is 22.6. The van der Waals surface area contributed by atoms with E-state index in [0.29, 0.717) is 6.42 Å². The number of nitrogens with one attached hydrogen (secondary N) is 3. The van der Waals surface area contributed by atoms with E-state index in [-0.39, 0.29) is 29.0 Å². The van der Waals surface area contributed by atoms with Gasteiger partial charge in [-0.15, -0.1) is 0 Å². The number of carbonyl (C=O) groups is 2. The molecule has 0 aromatic carbocycles. The van der Waals surface area contributed by atoms with Gasteiger partial charge in [-0.3, -0.25) is 14.9 Å². The van der Waals surface area contributed by atoms with Crippen molar-refractivity contribution in [1.82, 2.24) is 16.0 Å².